The van der Waals surface area contributed by atoms with Crippen LogP contribution in [0, 0.1) is 11.6 Å². The van der Waals surface area contributed by atoms with Crippen LogP contribution in [0.3, 0.4) is 0 Å². The lowest BCUT2D eigenvalue weighted by Gasteiger charge is -2.26. The summed E-state index contributed by atoms with van der Waals surface area (Å²) in [5.41, 5.74) is 2.22. The summed E-state index contributed by atoms with van der Waals surface area (Å²) < 4.78 is 67.0. The minimum Gasteiger partial charge on any atom is -0.476 e. The molecule has 17 heteroatoms. The Labute approximate surface area is 309 Å². The Morgan fingerprint density at radius 1 is 1.07 bits per heavy atom. The Morgan fingerprint density at radius 2 is 1.87 bits per heavy atom. The van der Waals surface area contributed by atoms with E-state index in [4.69, 9.17) is 9.26 Å². The number of likely N-dealkylation sites (tertiary alicyclic amines) is 1. The highest BCUT2D eigenvalue weighted by molar-refractivity contribution is 7.89. The number of ether oxygens (including phenoxy) is 1. The number of carbonyl (C=O) groups excluding carboxylic acids is 2. The zero-order chi connectivity index (χ0) is 38.1. The molecule has 1 fully saturated rings. The molecule has 0 saturated carbocycles. The van der Waals surface area contributed by atoms with E-state index < -0.39 is 33.1 Å². The van der Waals surface area contributed by atoms with Gasteiger partial charge in [0.25, 0.3) is 17.3 Å². The maximum atomic E-state index is 15.4. The second-order valence-electron chi connectivity index (χ2n) is 13.7. The molecule has 2 aliphatic rings. The zero-order valence-electron chi connectivity index (χ0n) is 29.8. The summed E-state index contributed by atoms with van der Waals surface area (Å²) in [6.45, 7) is 2.14. The lowest BCUT2D eigenvalue weighted by molar-refractivity contribution is -0.129. The van der Waals surface area contributed by atoms with Gasteiger partial charge in [-0.3, -0.25) is 14.4 Å². The molecule has 4 aromatic heterocycles. The number of hydrogen-bond donors (Lipinski definition) is 2. The van der Waals surface area contributed by atoms with E-state index in [0.29, 0.717) is 76.9 Å². The first kappa shape index (κ1) is 36.8. The third-order valence-electron chi connectivity index (χ3n) is 9.60. The lowest BCUT2D eigenvalue weighted by Crippen LogP contribution is -2.28. The smallest absolute Gasteiger partial charge is 0.274 e. The average molecular weight is 764 g/mol. The van der Waals surface area contributed by atoms with Gasteiger partial charge < -0.3 is 33.9 Å². The number of amides is 2. The molecule has 7 rings (SSSR count). The maximum Gasteiger partial charge on any atom is 0.274 e. The normalized spacial score (nSPS) is 14.0. The van der Waals surface area contributed by atoms with Crippen LogP contribution in [0.1, 0.15) is 59.3 Å². The molecule has 5 aromatic rings. The van der Waals surface area contributed by atoms with Crippen molar-refractivity contribution in [2.45, 2.75) is 50.8 Å². The van der Waals surface area contributed by atoms with Crippen LogP contribution in [0.4, 0.5) is 20.3 Å². The van der Waals surface area contributed by atoms with Crippen molar-refractivity contribution in [2.75, 3.05) is 37.4 Å². The predicted molar refractivity (Wildman–Crippen MR) is 195 cm³/mol. The Morgan fingerprint density at radius 3 is 2.63 bits per heavy atom. The Kier molecular flexibility index (Phi) is 10.2. The molecule has 1 saturated heterocycles. The highest BCUT2D eigenvalue weighted by Crippen LogP contribution is 2.45. The van der Waals surface area contributed by atoms with Crippen molar-refractivity contribution in [2.24, 2.45) is 7.05 Å². The number of carbonyl (C=O) groups is 2. The van der Waals surface area contributed by atoms with E-state index in [1.165, 1.54) is 15.5 Å². The van der Waals surface area contributed by atoms with Crippen LogP contribution in [0.2, 0.25) is 0 Å². The number of H-pyrrole nitrogens is 1. The number of pyridine rings is 2. The van der Waals surface area contributed by atoms with Crippen molar-refractivity contribution in [1.82, 2.24) is 29.9 Å². The van der Waals surface area contributed by atoms with Gasteiger partial charge in [-0.1, -0.05) is 0 Å². The first-order chi connectivity index (χ1) is 25.9. The predicted octanol–water partition coefficient (Wildman–Crippen LogP) is 4.54. The number of unbranched alkanes of at least 4 members (excludes halogenated alkanes) is 2. The average Bonchev–Trinajstić information content (AvgIpc) is 3.89. The molecule has 284 valence electrons. The number of benzene rings is 1. The topological polar surface area (TPSA) is 173 Å². The largest absolute Gasteiger partial charge is 0.476 e. The van der Waals surface area contributed by atoms with Crippen molar-refractivity contribution >= 4 is 44.1 Å². The van der Waals surface area contributed by atoms with Crippen LogP contribution < -0.4 is 20.5 Å². The molecular formula is C37H39F2N7O7S. The van der Waals surface area contributed by atoms with E-state index in [2.05, 4.69) is 20.4 Å². The molecule has 0 bridgehead atoms. The van der Waals surface area contributed by atoms with Gasteiger partial charge in [0.2, 0.25) is 5.91 Å². The number of halogens is 2. The van der Waals surface area contributed by atoms with Gasteiger partial charge in [0.05, 0.1) is 37.2 Å². The van der Waals surface area contributed by atoms with Gasteiger partial charge in [0.1, 0.15) is 17.1 Å². The van der Waals surface area contributed by atoms with Gasteiger partial charge in [-0.2, -0.15) is 0 Å². The minimum atomic E-state index is -3.64. The summed E-state index contributed by atoms with van der Waals surface area (Å²) in [6, 6.07) is 5.40. The highest BCUT2D eigenvalue weighted by atomic mass is 32.2. The summed E-state index contributed by atoms with van der Waals surface area (Å²) in [7, 11) is -2.06. The fourth-order valence-electron chi connectivity index (χ4n) is 7.05. The monoisotopic (exact) mass is 763 g/mol. The molecule has 2 amide bonds. The van der Waals surface area contributed by atoms with Crippen LogP contribution in [0.25, 0.3) is 22.0 Å². The first-order valence-electron chi connectivity index (χ1n) is 17.6. The number of hydrogen-bond acceptors (Lipinski definition) is 10. The summed E-state index contributed by atoms with van der Waals surface area (Å²) >= 11 is 0. The molecule has 1 aromatic carbocycles. The Bertz CT molecular complexity index is 2420. The van der Waals surface area contributed by atoms with Gasteiger partial charge in [-0.15, -0.1) is 0 Å². The van der Waals surface area contributed by atoms with Gasteiger partial charge >= 0.3 is 0 Å². The SMILES string of the molecule is Cn1cc2c3c(c[nH]c3c1=O)CN(c1ncc(F)cc1F)c1cc(C(=O)NCCCCCOc3cc(CC(=O)N4CCCC4)on3)c(CS(C)(=O)=O)cc1-2. The molecule has 6 heterocycles. The van der Waals surface area contributed by atoms with Crippen molar-refractivity contribution in [1.29, 1.82) is 0 Å². The standard InChI is InChI=1S/C37H39F2N7O7S/c1-44-20-28-27-12-22(21-54(2,50)51)26(16-30(27)46(35-29(39)13-24(38)18-42-35)19-23-17-41-34(33(23)28)37(44)49)36(48)40-8-4-3-7-11-52-31-14-25(53-43-31)15-32(47)45-9-5-6-10-45/h12-14,16-18,20,41H,3-11,15,19,21H2,1-2H3,(H,40,48). The van der Waals surface area contributed by atoms with Crippen LogP contribution in [0.15, 0.2) is 52.2 Å². The van der Waals surface area contributed by atoms with Crippen LogP contribution >= 0.6 is 0 Å². The van der Waals surface area contributed by atoms with Crippen molar-refractivity contribution in [3.63, 3.8) is 0 Å². The van der Waals surface area contributed by atoms with Gasteiger partial charge in [0, 0.05) is 79.5 Å². The number of fused-ring (bicyclic) bond motifs is 2. The van der Waals surface area contributed by atoms with Crippen molar-refractivity contribution in [3.05, 3.63) is 87.3 Å². The summed E-state index contributed by atoms with van der Waals surface area (Å²) in [5.74, 6) is -2.29. The first-order valence-corrected chi connectivity index (χ1v) is 19.7. The van der Waals surface area contributed by atoms with Gasteiger partial charge in [0.15, 0.2) is 21.5 Å². The molecule has 0 unspecified atom stereocenters. The molecule has 0 radical (unpaired) electrons. The second-order valence-corrected chi connectivity index (χ2v) is 15.9. The molecule has 0 aliphatic carbocycles. The molecule has 54 heavy (non-hydrogen) atoms. The number of aromatic nitrogens is 4. The fraction of sp³-hybridized carbons (Fsp3) is 0.378. The summed E-state index contributed by atoms with van der Waals surface area (Å²) in [4.78, 5) is 49.6. The summed E-state index contributed by atoms with van der Waals surface area (Å²) in [5, 5.41) is 7.33. The van der Waals surface area contributed by atoms with E-state index in [1.807, 2.05) is 4.90 Å². The quantitative estimate of drug-likeness (QED) is 0.162. The van der Waals surface area contributed by atoms with E-state index >= 15 is 4.39 Å². The maximum absolute atomic E-state index is 15.4. The summed E-state index contributed by atoms with van der Waals surface area (Å²) in [6.07, 6.45) is 9.26. The van der Waals surface area contributed by atoms with E-state index in [-0.39, 0.29) is 47.9 Å². The molecule has 2 N–H and O–H groups in total. The third-order valence-corrected chi connectivity index (χ3v) is 10.4. The zero-order valence-corrected chi connectivity index (χ0v) is 30.6. The number of rotatable bonds is 13. The van der Waals surface area contributed by atoms with Crippen molar-refractivity contribution in [3.8, 4) is 17.0 Å². The van der Waals surface area contributed by atoms with Gasteiger partial charge in [-0.25, -0.2) is 22.2 Å². The fourth-order valence-corrected chi connectivity index (χ4v) is 7.85. The van der Waals surface area contributed by atoms with Gasteiger partial charge in [-0.05, 0) is 60.5 Å². The number of nitrogens with one attached hydrogen (secondary N) is 2. The highest BCUT2D eigenvalue weighted by Gasteiger charge is 2.30. The van der Waals surface area contributed by atoms with Crippen LogP contribution in [0.5, 0.6) is 5.88 Å². The molecule has 0 atom stereocenters. The number of anilines is 2. The molecule has 0 spiro atoms. The molecule has 14 nitrogen and oxygen atoms in total. The number of sulfone groups is 1. The van der Waals surface area contributed by atoms with E-state index in [0.717, 1.165) is 38.4 Å². The minimum absolute atomic E-state index is 0.00331. The number of aromatic amines is 1. The number of nitrogens with zero attached hydrogens (tertiary/aromatic N) is 5. The van der Waals surface area contributed by atoms with Crippen LogP contribution in [-0.2, 0) is 40.4 Å². The molecule has 2 aliphatic heterocycles. The lowest BCUT2D eigenvalue weighted by atomic mass is 9.96. The Balaban J connectivity index is 1.08. The molecular weight excluding hydrogens is 725 g/mol. The van der Waals surface area contributed by atoms with Crippen LogP contribution in [-0.4, -0.2) is 77.3 Å². The van der Waals surface area contributed by atoms with Crippen molar-refractivity contribution < 1.29 is 36.0 Å². The Hall–Kier alpha value is -5.58. The van der Waals surface area contributed by atoms with E-state index in [1.54, 1.807) is 31.6 Å². The van der Waals surface area contributed by atoms with E-state index in [9.17, 15) is 27.2 Å². The third kappa shape index (κ3) is 7.71. The second kappa shape index (κ2) is 15.0. The number of aryl methyl sites for hydroxylation is 1.